The third kappa shape index (κ3) is 5.94. The van der Waals surface area contributed by atoms with Gasteiger partial charge >= 0.3 is 190 Å². The molecule has 1 aliphatic heterocycles. The number of aromatic nitrogens is 2. The molecule has 37 heavy (non-hydrogen) atoms. The standard InChI is InChI=1S/C27H29N5O4Se/c1-34-22-15-20-19(14-23(22)36-11-5-8-32-9-12-35-13-10-32)27(30-17-29-20)31-21-16-24(37-25(21)26(28)33)18-6-3-2-4-7-18/h2-4,6-7,14-17H,5,8-13H2,1H3,(H2,28,33)(H,29,30,31). The molecule has 1 amide bonds. The number of nitrogens with zero attached hydrogens (tertiary/aromatic N) is 3. The summed E-state index contributed by atoms with van der Waals surface area (Å²) in [7, 11) is 1.61. The fourth-order valence-corrected chi connectivity index (χ4v) is 6.31. The molecule has 3 heterocycles. The summed E-state index contributed by atoms with van der Waals surface area (Å²) >= 11 is -0.212. The molecule has 3 N–H and O–H groups in total. The van der Waals surface area contributed by atoms with Gasteiger partial charge in [0.2, 0.25) is 0 Å². The number of primary amides is 1. The summed E-state index contributed by atoms with van der Waals surface area (Å²) in [5, 5.41) is 4.10. The monoisotopic (exact) mass is 567 g/mol. The number of hydrogen-bond donors (Lipinski definition) is 2. The number of hydrogen-bond acceptors (Lipinski definition) is 8. The number of carbonyl (C=O) groups excluding carboxylic acids is 1. The second-order valence-corrected chi connectivity index (χ2v) is 10.8. The van der Waals surface area contributed by atoms with Crippen molar-refractivity contribution in [2.45, 2.75) is 6.42 Å². The number of rotatable bonds is 10. The van der Waals surface area contributed by atoms with Crippen LogP contribution >= 0.6 is 0 Å². The molecule has 10 heteroatoms. The van der Waals surface area contributed by atoms with Crippen LogP contribution in [0.3, 0.4) is 0 Å². The molecule has 1 fully saturated rings. The number of amides is 1. The Hall–Kier alpha value is -3.43. The van der Waals surface area contributed by atoms with E-state index in [2.05, 4.69) is 20.2 Å². The van der Waals surface area contributed by atoms with E-state index in [0.717, 1.165) is 54.7 Å². The third-order valence-electron chi connectivity index (χ3n) is 6.17. The number of benzene rings is 2. The molecule has 192 valence electrons. The van der Waals surface area contributed by atoms with Gasteiger partial charge in [-0.15, -0.1) is 0 Å². The Morgan fingerprint density at radius 3 is 2.70 bits per heavy atom. The van der Waals surface area contributed by atoms with Gasteiger partial charge in [0.15, 0.2) is 0 Å². The van der Waals surface area contributed by atoms with Gasteiger partial charge in [-0.3, -0.25) is 0 Å². The molecule has 1 saturated heterocycles. The van der Waals surface area contributed by atoms with Crippen LogP contribution in [0.4, 0.5) is 11.5 Å². The zero-order valence-corrected chi connectivity index (χ0v) is 22.3. The van der Waals surface area contributed by atoms with Gasteiger partial charge in [-0.25, -0.2) is 0 Å². The normalized spacial score (nSPS) is 14.0. The summed E-state index contributed by atoms with van der Waals surface area (Å²) < 4.78 is 18.8. The quantitative estimate of drug-likeness (QED) is 0.222. The van der Waals surface area contributed by atoms with Gasteiger partial charge in [-0.2, -0.15) is 0 Å². The van der Waals surface area contributed by atoms with Crippen molar-refractivity contribution in [2.24, 2.45) is 5.73 Å². The van der Waals surface area contributed by atoms with Crippen molar-refractivity contribution in [1.29, 1.82) is 0 Å². The molecule has 0 aliphatic carbocycles. The molecule has 0 unspecified atom stereocenters. The van der Waals surface area contributed by atoms with Gasteiger partial charge in [-0.05, 0) is 0 Å². The zero-order valence-electron chi connectivity index (χ0n) is 20.6. The summed E-state index contributed by atoms with van der Waals surface area (Å²) in [5.74, 6) is 1.36. The molecule has 5 rings (SSSR count). The van der Waals surface area contributed by atoms with Gasteiger partial charge < -0.3 is 4.74 Å². The van der Waals surface area contributed by atoms with Gasteiger partial charge in [0.05, 0.1) is 13.2 Å². The van der Waals surface area contributed by atoms with Crippen LogP contribution in [0.5, 0.6) is 11.5 Å². The smallest absolute Gasteiger partial charge is 0.379 e. The first-order valence-electron chi connectivity index (χ1n) is 12.1. The summed E-state index contributed by atoms with van der Waals surface area (Å²) in [4.78, 5) is 23.5. The summed E-state index contributed by atoms with van der Waals surface area (Å²) in [6, 6.07) is 15.7. The molecule has 2 aromatic heterocycles. The number of anilines is 2. The van der Waals surface area contributed by atoms with Crippen molar-refractivity contribution in [3.63, 3.8) is 0 Å². The average molecular weight is 567 g/mol. The Bertz CT molecular complexity index is 1370. The number of nitrogens with two attached hydrogens (primary N) is 1. The Morgan fingerprint density at radius 1 is 1.14 bits per heavy atom. The first-order chi connectivity index (χ1) is 18.1. The fraction of sp³-hybridized carbons (Fsp3) is 0.296. The van der Waals surface area contributed by atoms with Gasteiger partial charge in [0.1, 0.15) is 0 Å². The zero-order chi connectivity index (χ0) is 25.6. The number of fused-ring (bicyclic) bond motifs is 1. The van der Waals surface area contributed by atoms with Crippen molar-refractivity contribution in [1.82, 2.24) is 14.9 Å². The van der Waals surface area contributed by atoms with E-state index in [0.29, 0.717) is 39.6 Å². The Kier molecular flexibility index (Phi) is 8.01. The second kappa shape index (κ2) is 11.7. The van der Waals surface area contributed by atoms with Crippen molar-refractivity contribution < 1.29 is 19.0 Å². The first-order valence-corrected chi connectivity index (χ1v) is 13.9. The molecule has 4 aromatic rings. The Labute approximate surface area is 221 Å². The summed E-state index contributed by atoms with van der Waals surface area (Å²) in [6.45, 7) is 4.99. The molecule has 0 saturated carbocycles. The molecule has 9 nitrogen and oxygen atoms in total. The topological polar surface area (TPSA) is 112 Å². The Balaban J connectivity index is 1.39. The maximum atomic E-state index is 12.3. The van der Waals surface area contributed by atoms with Crippen LogP contribution in [0.1, 0.15) is 15.7 Å². The molecular formula is C27H29N5O4Se. The molecule has 0 radical (unpaired) electrons. The van der Waals surface area contributed by atoms with E-state index in [9.17, 15) is 4.79 Å². The van der Waals surface area contributed by atoms with Crippen LogP contribution < -0.4 is 20.5 Å². The molecule has 0 bridgehead atoms. The van der Waals surface area contributed by atoms with E-state index >= 15 is 0 Å². The van der Waals surface area contributed by atoms with Crippen LogP contribution in [-0.4, -0.2) is 81.8 Å². The van der Waals surface area contributed by atoms with Crippen LogP contribution in [0.2, 0.25) is 0 Å². The predicted molar refractivity (Wildman–Crippen MR) is 144 cm³/mol. The first kappa shape index (κ1) is 25.2. The summed E-state index contributed by atoms with van der Waals surface area (Å²) in [5.41, 5.74) is 8.18. The molecule has 1 aliphatic rings. The van der Waals surface area contributed by atoms with E-state index in [-0.39, 0.29) is 14.5 Å². The minimum Gasteiger partial charge on any atom is -0.379 e. The number of morpholine rings is 1. The second-order valence-electron chi connectivity index (χ2n) is 8.61. The number of nitrogens with one attached hydrogen (secondary N) is 1. The van der Waals surface area contributed by atoms with E-state index in [1.165, 1.54) is 6.33 Å². The number of methoxy groups -OCH3 is 1. The maximum absolute atomic E-state index is 12.3. The molecule has 0 atom stereocenters. The molecule has 2 aromatic carbocycles. The van der Waals surface area contributed by atoms with E-state index in [4.69, 9.17) is 19.9 Å². The minimum absolute atomic E-state index is 0.212. The van der Waals surface area contributed by atoms with Crippen molar-refractivity contribution in [3.05, 3.63) is 59.3 Å². The van der Waals surface area contributed by atoms with Crippen molar-refractivity contribution >= 4 is 42.8 Å². The average Bonchev–Trinajstić information content (AvgIpc) is 3.36. The fourth-order valence-electron chi connectivity index (χ4n) is 4.27. The molecule has 0 spiro atoms. The van der Waals surface area contributed by atoms with Gasteiger partial charge in [0.25, 0.3) is 0 Å². The van der Waals surface area contributed by atoms with Crippen LogP contribution in [-0.2, 0) is 4.74 Å². The van der Waals surface area contributed by atoms with Crippen LogP contribution in [0.15, 0.2) is 54.9 Å². The number of carbonyl (C=O) groups is 1. The Morgan fingerprint density at radius 2 is 1.95 bits per heavy atom. The SMILES string of the molecule is COc1cc2ncnc(Nc3cc(-c4ccccc4)[se]c3C(N)=O)c2cc1OCCCN1CCOCC1. The number of ether oxygens (including phenoxy) is 3. The predicted octanol–water partition coefficient (Wildman–Crippen LogP) is 3.31. The van der Waals surface area contributed by atoms with E-state index < -0.39 is 5.91 Å². The minimum atomic E-state index is -0.436. The third-order valence-corrected chi connectivity index (χ3v) is 8.68. The van der Waals surface area contributed by atoms with E-state index in [1.54, 1.807) is 7.11 Å². The van der Waals surface area contributed by atoms with Crippen molar-refractivity contribution in [3.8, 4) is 21.5 Å². The van der Waals surface area contributed by atoms with Crippen molar-refractivity contribution in [2.75, 3.05) is 51.9 Å². The summed E-state index contributed by atoms with van der Waals surface area (Å²) in [6.07, 6.45) is 2.38. The van der Waals surface area contributed by atoms with Crippen LogP contribution in [0.25, 0.3) is 20.9 Å². The van der Waals surface area contributed by atoms with E-state index in [1.807, 2.05) is 48.5 Å². The van der Waals surface area contributed by atoms with Gasteiger partial charge in [0, 0.05) is 13.1 Å². The van der Waals surface area contributed by atoms with Gasteiger partial charge in [-0.1, -0.05) is 0 Å². The van der Waals surface area contributed by atoms with Crippen LogP contribution in [0, 0.1) is 0 Å². The molecular weight excluding hydrogens is 537 g/mol.